The lowest BCUT2D eigenvalue weighted by atomic mass is 10.1. The van der Waals surface area contributed by atoms with E-state index in [2.05, 4.69) is 48.7 Å². The van der Waals surface area contributed by atoms with Gasteiger partial charge in [-0.2, -0.15) is 0 Å². The lowest BCUT2D eigenvalue weighted by Crippen LogP contribution is -2.46. The van der Waals surface area contributed by atoms with Gasteiger partial charge in [0, 0.05) is 44.3 Å². The molecule has 1 fully saturated rings. The molecule has 0 aromatic heterocycles. The Morgan fingerprint density at radius 2 is 1.79 bits per heavy atom. The zero-order valence-corrected chi connectivity index (χ0v) is 13.2. The predicted octanol–water partition coefficient (Wildman–Crippen LogP) is 1.79. The summed E-state index contributed by atoms with van der Waals surface area (Å²) in [4.78, 5) is 4.91. The maximum absolute atomic E-state index is 5.35. The minimum Gasteiger partial charge on any atom is -0.313 e. The maximum atomic E-state index is 5.35. The molecule has 3 heteroatoms. The summed E-state index contributed by atoms with van der Waals surface area (Å²) in [5.41, 5.74) is 0. The van der Waals surface area contributed by atoms with Crippen molar-refractivity contribution >= 4 is 0 Å². The molecule has 0 aromatic carbocycles. The van der Waals surface area contributed by atoms with Crippen LogP contribution >= 0.6 is 0 Å². The minimum absolute atomic E-state index is 0.624. The molecule has 110 valence electrons. The number of hydrogen-bond acceptors (Lipinski definition) is 3. The Morgan fingerprint density at radius 3 is 2.26 bits per heavy atom. The van der Waals surface area contributed by atoms with Crippen molar-refractivity contribution in [2.75, 3.05) is 32.7 Å². The first-order valence-corrected chi connectivity index (χ1v) is 7.69. The quantitative estimate of drug-likeness (QED) is 0.708. The number of nitrogens with one attached hydrogen (secondary N) is 1. The Morgan fingerprint density at radius 1 is 1.21 bits per heavy atom. The second kappa shape index (κ2) is 8.58. The summed E-state index contributed by atoms with van der Waals surface area (Å²) in [5.74, 6) is 2.73. The van der Waals surface area contributed by atoms with Crippen LogP contribution in [0.25, 0.3) is 0 Å². The topological polar surface area (TPSA) is 18.5 Å². The van der Waals surface area contributed by atoms with E-state index in [1.165, 1.54) is 12.8 Å². The van der Waals surface area contributed by atoms with Crippen LogP contribution in [0.2, 0.25) is 0 Å². The fraction of sp³-hybridized carbons (Fsp3) is 0.875. The standard InChI is InChI=1S/C16H31N3/c1-6-10-18-11-7-16(8-12-18)17-9-13-19(14(2)3)15(4)5/h1,14-17H,7-13H2,2-5H3. The Kier molecular flexibility index (Phi) is 7.45. The second-order valence-electron chi connectivity index (χ2n) is 6.13. The summed E-state index contributed by atoms with van der Waals surface area (Å²) in [6.45, 7) is 14.4. The van der Waals surface area contributed by atoms with E-state index >= 15 is 0 Å². The molecule has 0 saturated carbocycles. The molecule has 0 unspecified atom stereocenters. The Labute approximate surface area is 119 Å². The van der Waals surface area contributed by atoms with Gasteiger partial charge in [0.25, 0.3) is 0 Å². The first-order valence-electron chi connectivity index (χ1n) is 7.69. The molecule has 1 aliphatic rings. The SMILES string of the molecule is C#CCN1CCC(NCCN(C(C)C)C(C)C)CC1. The van der Waals surface area contributed by atoms with Crippen LogP contribution in [-0.4, -0.2) is 60.6 Å². The van der Waals surface area contributed by atoms with Gasteiger partial charge in [0.05, 0.1) is 6.54 Å². The van der Waals surface area contributed by atoms with E-state index in [4.69, 9.17) is 6.42 Å². The molecule has 1 saturated heterocycles. The van der Waals surface area contributed by atoms with E-state index in [9.17, 15) is 0 Å². The second-order valence-corrected chi connectivity index (χ2v) is 6.13. The molecule has 1 heterocycles. The molecule has 0 spiro atoms. The van der Waals surface area contributed by atoms with Crippen molar-refractivity contribution < 1.29 is 0 Å². The number of nitrogens with zero attached hydrogens (tertiary/aromatic N) is 2. The fourth-order valence-corrected chi connectivity index (χ4v) is 2.93. The highest BCUT2D eigenvalue weighted by Crippen LogP contribution is 2.10. The van der Waals surface area contributed by atoms with Gasteiger partial charge >= 0.3 is 0 Å². The third kappa shape index (κ3) is 5.95. The highest BCUT2D eigenvalue weighted by Gasteiger charge is 2.18. The molecular weight excluding hydrogens is 234 g/mol. The van der Waals surface area contributed by atoms with E-state index in [0.29, 0.717) is 18.1 Å². The molecule has 0 aliphatic carbocycles. The van der Waals surface area contributed by atoms with Gasteiger partial charge in [-0.05, 0) is 40.5 Å². The van der Waals surface area contributed by atoms with Crippen LogP contribution in [0.3, 0.4) is 0 Å². The van der Waals surface area contributed by atoms with Gasteiger partial charge < -0.3 is 5.32 Å². The third-order valence-corrected chi connectivity index (χ3v) is 4.03. The highest BCUT2D eigenvalue weighted by atomic mass is 15.2. The van der Waals surface area contributed by atoms with Crippen LogP contribution in [-0.2, 0) is 0 Å². The lowest BCUT2D eigenvalue weighted by molar-refractivity contribution is 0.166. The third-order valence-electron chi connectivity index (χ3n) is 4.03. The fourth-order valence-electron chi connectivity index (χ4n) is 2.93. The first-order chi connectivity index (χ1) is 9.04. The summed E-state index contributed by atoms with van der Waals surface area (Å²) >= 11 is 0. The van der Waals surface area contributed by atoms with Crippen molar-refractivity contribution in [1.82, 2.24) is 15.1 Å². The van der Waals surface area contributed by atoms with Crippen LogP contribution in [0.1, 0.15) is 40.5 Å². The molecule has 19 heavy (non-hydrogen) atoms. The molecule has 0 aromatic rings. The number of hydrogen-bond donors (Lipinski definition) is 1. The Hall–Kier alpha value is -0.560. The van der Waals surface area contributed by atoms with E-state index in [1.807, 2.05) is 0 Å². The summed E-state index contributed by atoms with van der Waals surface area (Å²) in [5, 5.41) is 3.70. The number of likely N-dealkylation sites (tertiary alicyclic amines) is 1. The van der Waals surface area contributed by atoms with Crippen molar-refractivity contribution in [3.63, 3.8) is 0 Å². The van der Waals surface area contributed by atoms with Crippen LogP contribution in [0.5, 0.6) is 0 Å². The molecule has 0 radical (unpaired) electrons. The van der Waals surface area contributed by atoms with Gasteiger partial charge in [0.15, 0.2) is 0 Å². The highest BCUT2D eigenvalue weighted by molar-refractivity contribution is 4.90. The van der Waals surface area contributed by atoms with Crippen molar-refractivity contribution in [3.8, 4) is 12.3 Å². The largest absolute Gasteiger partial charge is 0.313 e. The maximum Gasteiger partial charge on any atom is 0.0598 e. The average molecular weight is 265 g/mol. The normalized spacial score (nSPS) is 18.4. The van der Waals surface area contributed by atoms with E-state index in [0.717, 1.165) is 32.7 Å². The minimum atomic E-state index is 0.624. The van der Waals surface area contributed by atoms with Gasteiger partial charge in [0.2, 0.25) is 0 Å². The molecule has 3 nitrogen and oxygen atoms in total. The monoisotopic (exact) mass is 265 g/mol. The van der Waals surface area contributed by atoms with E-state index in [1.54, 1.807) is 0 Å². The zero-order valence-electron chi connectivity index (χ0n) is 13.2. The molecule has 0 bridgehead atoms. The van der Waals surface area contributed by atoms with Crippen LogP contribution < -0.4 is 5.32 Å². The summed E-state index contributed by atoms with van der Waals surface area (Å²) in [6, 6.07) is 1.92. The summed E-state index contributed by atoms with van der Waals surface area (Å²) in [7, 11) is 0. The van der Waals surface area contributed by atoms with E-state index < -0.39 is 0 Å². The summed E-state index contributed by atoms with van der Waals surface area (Å²) < 4.78 is 0. The zero-order chi connectivity index (χ0) is 14.3. The Balaban J connectivity index is 2.18. The van der Waals surface area contributed by atoms with E-state index in [-0.39, 0.29) is 0 Å². The molecule has 1 aliphatic heterocycles. The summed E-state index contributed by atoms with van der Waals surface area (Å²) in [6.07, 6.45) is 7.81. The number of terminal acetylenes is 1. The van der Waals surface area contributed by atoms with Crippen molar-refractivity contribution in [2.45, 2.75) is 58.7 Å². The van der Waals surface area contributed by atoms with Gasteiger partial charge in [-0.1, -0.05) is 5.92 Å². The Bertz CT molecular complexity index is 264. The molecule has 0 atom stereocenters. The predicted molar refractivity (Wildman–Crippen MR) is 83.3 cm³/mol. The molecule has 1 N–H and O–H groups in total. The van der Waals surface area contributed by atoms with Crippen molar-refractivity contribution in [3.05, 3.63) is 0 Å². The molecule has 1 rings (SSSR count). The first kappa shape index (κ1) is 16.5. The van der Waals surface area contributed by atoms with Crippen molar-refractivity contribution in [1.29, 1.82) is 0 Å². The van der Waals surface area contributed by atoms with Gasteiger partial charge in [-0.3, -0.25) is 9.80 Å². The van der Waals surface area contributed by atoms with Crippen LogP contribution in [0.15, 0.2) is 0 Å². The van der Waals surface area contributed by atoms with Crippen LogP contribution in [0, 0.1) is 12.3 Å². The number of rotatable bonds is 7. The van der Waals surface area contributed by atoms with Crippen LogP contribution in [0.4, 0.5) is 0 Å². The molecule has 0 amide bonds. The molecular formula is C16H31N3. The average Bonchev–Trinajstić information content (AvgIpc) is 2.36. The van der Waals surface area contributed by atoms with Gasteiger partial charge in [-0.25, -0.2) is 0 Å². The van der Waals surface area contributed by atoms with Gasteiger partial charge in [-0.15, -0.1) is 6.42 Å². The van der Waals surface area contributed by atoms with Gasteiger partial charge in [0.1, 0.15) is 0 Å². The number of piperidine rings is 1. The lowest BCUT2D eigenvalue weighted by Gasteiger charge is -2.33. The smallest absolute Gasteiger partial charge is 0.0598 e. The van der Waals surface area contributed by atoms with Crippen molar-refractivity contribution in [2.24, 2.45) is 0 Å².